The number of fused-ring (bicyclic) bond motifs is 1. The summed E-state index contributed by atoms with van der Waals surface area (Å²) >= 11 is 0. The summed E-state index contributed by atoms with van der Waals surface area (Å²) in [6.07, 6.45) is 0.817. The molecule has 2 aliphatic heterocycles. The van der Waals surface area contributed by atoms with E-state index in [-0.39, 0.29) is 11.8 Å². The van der Waals surface area contributed by atoms with Gasteiger partial charge in [-0.25, -0.2) is 0 Å². The second-order valence-corrected chi connectivity index (χ2v) is 8.74. The molecule has 32 heavy (non-hydrogen) atoms. The average molecular weight is 439 g/mol. The normalized spacial score (nSPS) is 17.8. The van der Waals surface area contributed by atoms with Crippen LogP contribution in [0.25, 0.3) is 0 Å². The van der Waals surface area contributed by atoms with Crippen LogP contribution in [0, 0.1) is 6.92 Å². The van der Waals surface area contributed by atoms with Gasteiger partial charge in [-0.2, -0.15) is 5.10 Å². The molecule has 0 spiro atoms. The number of benzene rings is 1. The third kappa shape index (κ3) is 5.37. The Morgan fingerprint density at radius 1 is 1.06 bits per heavy atom. The number of aryl methyl sites for hydroxylation is 2. The van der Waals surface area contributed by atoms with Crippen LogP contribution >= 0.6 is 0 Å². The van der Waals surface area contributed by atoms with Crippen molar-refractivity contribution < 1.29 is 9.59 Å². The quantitative estimate of drug-likeness (QED) is 0.711. The van der Waals surface area contributed by atoms with Gasteiger partial charge in [0, 0.05) is 65.0 Å². The maximum Gasteiger partial charge on any atom is 0.272 e. The van der Waals surface area contributed by atoms with Crippen LogP contribution in [0.2, 0.25) is 0 Å². The van der Waals surface area contributed by atoms with Crippen LogP contribution in [0.1, 0.15) is 45.4 Å². The molecular weight excluding hydrogens is 404 g/mol. The van der Waals surface area contributed by atoms with Crippen LogP contribution in [0.15, 0.2) is 30.3 Å². The highest BCUT2D eigenvalue weighted by molar-refractivity contribution is 5.98. The van der Waals surface area contributed by atoms with Crippen molar-refractivity contribution >= 4 is 11.8 Å². The van der Waals surface area contributed by atoms with E-state index in [4.69, 9.17) is 0 Å². The van der Waals surface area contributed by atoms with Crippen molar-refractivity contribution in [2.24, 2.45) is 0 Å². The Kier molecular flexibility index (Phi) is 7.22. The van der Waals surface area contributed by atoms with Gasteiger partial charge in [0.15, 0.2) is 5.69 Å². The Bertz CT molecular complexity index is 948. The molecule has 172 valence electrons. The molecule has 1 aromatic carbocycles. The lowest BCUT2D eigenvalue weighted by Gasteiger charge is -2.33. The van der Waals surface area contributed by atoms with Crippen LogP contribution in [0.5, 0.6) is 0 Å². The molecule has 2 aliphatic rings. The highest BCUT2D eigenvalue weighted by Gasteiger charge is 2.26. The summed E-state index contributed by atoms with van der Waals surface area (Å²) in [5.41, 5.74) is 3.11. The third-order valence-corrected chi connectivity index (χ3v) is 6.40. The fourth-order valence-corrected chi connectivity index (χ4v) is 4.47. The van der Waals surface area contributed by atoms with Crippen molar-refractivity contribution in [3.8, 4) is 0 Å². The first-order valence-electron chi connectivity index (χ1n) is 11.7. The van der Waals surface area contributed by atoms with Crippen molar-refractivity contribution in [3.63, 3.8) is 0 Å². The summed E-state index contributed by atoms with van der Waals surface area (Å²) in [5, 5.41) is 7.41. The number of nitrogens with zero attached hydrogens (tertiary/aromatic N) is 5. The van der Waals surface area contributed by atoms with E-state index < -0.39 is 0 Å². The number of carbonyl (C=O) groups excluding carboxylic acids is 2. The van der Waals surface area contributed by atoms with Crippen molar-refractivity contribution in [1.29, 1.82) is 0 Å². The predicted molar refractivity (Wildman–Crippen MR) is 124 cm³/mol. The first kappa shape index (κ1) is 22.5. The maximum atomic E-state index is 13.2. The smallest absolute Gasteiger partial charge is 0.272 e. The molecule has 2 aromatic rings. The molecule has 2 amide bonds. The zero-order valence-corrected chi connectivity index (χ0v) is 19.2. The lowest BCUT2D eigenvalue weighted by molar-refractivity contribution is 0.0745. The molecule has 8 heteroatoms. The molecule has 4 rings (SSSR count). The van der Waals surface area contributed by atoms with E-state index in [0.29, 0.717) is 37.6 Å². The Morgan fingerprint density at radius 3 is 2.59 bits per heavy atom. The minimum Gasteiger partial charge on any atom is -0.349 e. The van der Waals surface area contributed by atoms with Crippen LogP contribution in [-0.2, 0) is 13.1 Å². The van der Waals surface area contributed by atoms with Gasteiger partial charge in [0.2, 0.25) is 0 Å². The molecule has 0 bridgehead atoms. The van der Waals surface area contributed by atoms with Gasteiger partial charge in [-0.3, -0.25) is 19.2 Å². The second-order valence-electron chi connectivity index (χ2n) is 8.74. The van der Waals surface area contributed by atoms with E-state index in [0.717, 1.165) is 51.3 Å². The molecule has 0 radical (unpaired) electrons. The zero-order chi connectivity index (χ0) is 22.5. The maximum absolute atomic E-state index is 13.2. The topological polar surface area (TPSA) is 73.7 Å². The highest BCUT2D eigenvalue weighted by atomic mass is 16.2. The predicted octanol–water partition coefficient (Wildman–Crippen LogP) is 1.60. The van der Waals surface area contributed by atoms with Crippen molar-refractivity contribution in [2.75, 3.05) is 52.4 Å². The molecule has 0 saturated carbocycles. The van der Waals surface area contributed by atoms with Gasteiger partial charge in [0.1, 0.15) is 5.69 Å². The van der Waals surface area contributed by atoms with E-state index in [9.17, 15) is 9.59 Å². The lowest BCUT2D eigenvalue weighted by atomic mass is 10.1. The van der Waals surface area contributed by atoms with Crippen LogP contribution in [0.4, 0.5) is 0 Å². The molecule has 1 saturated heterocycles. The van der Waals surface area contributed by atoms with E-state index >= 15 is 0 Å². The summed E-state index contributed by atoms with van der Waals surface area (Å²) in [4.78, 5) is 32.5. The fourth-order valence-electron chi connectivity index (χ4n) is 4.47. The van der Waals surface area contributed by atoms with Crippen molar-refractivity contribution in [3.05, 3.63) is 52.8 Å². The first-order chi connectivity index (χ1) is 15.5. The molecule has 0 aliphatic carbocycles. The number of rotatable bonds is 7. The molecule has 0 atom stereocenters. The number of hydrogen-bond donors (Lipinski definition) is 1. The second kappa shape index (κ2) is 10.3. The Labute approximate surface area is 190 Å². The Balaban J connectivity index is 1.34. The number of likely N-dealkylation sites (N-methyl/N-ethyl adjacent to an activating group) is 1. The SMILES string of the molecule is CCN1CCN(CCNC(=O)c2cc3n(n2)CCCN(Cc2cccc(C)c2)C3=O)CC1. The molecule has 1 N–H and O–H groups in total. The van der Waals surface area contributed by atoms with Crippen LogP contribution in [-0.4, -0.2) is 88.7 Å². The monoisotopic (exact) mass is 438 g/mol. The Morgan fingerprint density at radius 2 is 1.84 bits per heavy atom. The number of piperazine rings is 1. The van der Waals surface area contributed by atoms with E-state index in [1.54, 1.807) is 10.7 Å². The van der Waals surface area contributed by atoms with Gasteiger partial charge in [-0.1, -0.05) is 36.8 Å². The first-order valence-corrected chi connectivity index (χ1v) is 11.7. The van der Waals surface area contributed by atoms with Gasteiger partial charge in [-0.05, 0) is 25.5 Å². The minimum atomic E-state index is -0.212. The van der Waals surface area contributed by atoms with Gasteiger partial charge in [-0.15, -0.1) is 0 Å². The lowest BCUT2D eigenvalue weighted by Crippen LogP contribution is -2.48. The van der Waals surface area contributed by atoms with Gasteiger partial charge < -0.3 is 15.1 Å². The van der Waals surface area contributed by atoms with Crippen LogP contribution in [0.3, 0.4) is 0 Å². The summed E-state index contributed by atoms with van der Waals surface area (Å²) < 4.78 is 1.69. The molecule has 3 heterocycles. The third-order valence-electron chi connectivity index (χ3n) is 6.40. The standard InChI is InChI=1S/C24H34N6O2/c1-3-27-12-14-28(15-13-27)11-8-25-23(31)21-17-22-24(32)29(9-5-10-30(22)26-21)18-20-7-4-6-19(2)16-20/h4,6-7,16-17H,3,5,8-15,18H2,1-2H3,(H,25,31). The van der Waals surface area contributed by atoms with Gasteiger partial charge in [0.05, 0.1) is 0 Å². The number of aromatic nitrogens is 2. The number of carbonyl (C=O) groups is 2. The highest BCUT2D eigenvalue weighted by Crippen LogP contribution is 2.17. The summed E-state index contributed by atoms with van der Waals surface area (Å²) in [6.45, 7) is 12.9. The summed E-state index contributed by atoms with van der Waals surface area (Å²) in [6, 6.07) is 9.87. The summed E-state index contributed by atoms with van der Waals surface area (Å²) in [7, 11) is 0. The Hall–Kier alpha value is -2.71. The van der Waals surface area contributed by atoms with E-state index in [1.807, 2.05) is 17.0 Å². The number of amides is 2. The van der Waals surface area contributed by atoms with E-state index in [1.165, 1.54) is 5.56 Å². The molecule has 1 fully saturated rings. The molecule has 0 unspecified atom stereocenters. The van der Waals surface area contributed by atoms with Crippen molar-refractivity contribution in [1.82, 2.24) is 29.8 Å². The minimum absolute atomic E-state index is 0.0654. The molecule has 8 nitrogen and oxygen atoms in total. The summed E-state index contributed by atoms with van der Waals surface area (Å²) in [5.74, 6) is -0.278. The fraction of sp³-hybridized carbons (Fsp3) is 0.542. The van der Waals surface area contributed by atoms with Crippen LogP contribution < -0.4 is 5.32 Å². The zero-order valence-electron chi connectivity index (χ0n) is 19.2. The van der Waals surface area contributed by atoms with E-state index in [2.05, 4.69) is 46.2 Å². The van der Waals surface area contributed by atoms with Gasteiger partial charge >= 0.3 is 0 Å². The number of hydrogen-bond acceptors (Lipinski definition) is 5. The molecular formula is C24H34N6O2. The van der Waals surface area contributed by atoms with Gasteiger partial charge in [0.25, 0.3) is 11.8 Å². The largest absolute Gasteiger partial charge is 0.349 e. The molecule has 1 aromatic heterocycles. The van der Waals surface area contributed by atoms with Crippen molar-refractivity contribution in [2.45, 2.75) is 33.4 Å². The number of nitrogens with one attached hydrogen (secondary N) is 1. The average Bonchev–Trinajstić information content (AvgIpc) is 3.17.